The molecule has 1 aromatic heterocycles. The van der Waals surface area contributed by atoms with Gasteiger partial charge in [0.1, 0.15) is 0 Å². The largest absolute Gasteiger partial charge is 0.477 e. The van der Waals surface area contributed by atoms with Gasteiger partial charge in [-0.2, -0.15) is 0 Å². The zero-order chi connectivity index (χ0) is 20.8. The standard InChI is InChI=1S/C22H26Cl2N2O3/c1-2-3-10-29-22-17(16-9-8-15(23)12-18(16)24)11-14(13-25-22)21(28)26-19-6-4-5-7-20(19)27/h8-9,11-13,19-20,27H,2-7,10H2,1H3,(H,26,28)/t19-,20-/m1/s1. The molecule has 2 N–H and O–H groups in total. The Labute approximate surface area is 181 Å². The number of hydrogen-bond donors (Lipinski definition) is 2. The van der Waals surface area contributed by atoms with Crippen molar-refractivity contribution in [2.24, 2.45) is 0 Å². The summed E-state index contributed by atoms with van der Waals surface area (Å²) in [6, 6.07) is 6.68. The Morgan fingerprint density at radius 1 is 1.24 bits per heavy atom. The molecule has 2 atom stereocenters. The summed E-state index contributed by atoms with van der Waals surface area (Å²) in [5.74, 6) is 0.159. The maximum Gasteiger partial charge on any atom is 0.253 e. The predicted octanol–water partition coefficient (Wildman–Crippen LogP) is 5.27. The lowest BCUT2D eigenvalue weighted by Crippen LogP contribution is -2.45. The number of ether oxygens (including phenoxy) is 1. The van der Waals surface area contributed by atoms with Crippen LogP contribution in [0.3, 0.4) is 0 Å². The van der Waals surface area contributed by atoms with Crippen molar-refractivity contribution in [1.82, 2.24) is 10.3 Å². The minimum atomic E-state index is -0.512. The van der Waals surface area contributed by atoms with Crippen LogP contribution in [0.4, 0.5) is 0 Å². The average Bonchev–Trinajstić information content (AvgIpc) is 2.70. The van der Waals surface area contributed by atoms with Gasteiger partial charge in [-0.05, 0) is 37.5 Å². The number of nitrogens with zero attached hydrogens (tertiary/aromatic N) is 1. The SMILES string of the molecule is CCCCOc1ncc(C(=O)N[C@@H]2CCCC[C@H]2O)cc1-c1ccc(Cl)cc1Cl. The van der Waals surface area contributed by atoms with Gasteiger partial charge < -0.3 is 15.2 Å². The number of carbonyl (C=O) groups is 1. The quantitative estimate of drug-likeness (QED) is 0.579. The summed E-state index contributed by atoms with van der Waals surface area (Å²) in [7, 11) is 0. The number of amides is 1. The first-order valence-corrected chi connectivity index (χ1v) is 10.8. The zero-order valence-electron chi connectivity index (χ0n) is 16.5. The fourth-order valence-electron chi connectivity index (χ4n) is 3.44. The highest BCUT2D eigenvalue weighted by Gasteiger charge is 2.25. The number of benzene rings is 1. The van der Waals surface area contributed by atoms with Crippen LogP contribution in [0.1, 0.15) is 55.8 Å². The zero-order valence-corrected chi connectivity index (χ0v) is 18.0. The molecule has 0 unspecified atom stereocenters. The summed E-state index contributed by atoms with van der Waals surface area (Å²) in [4.78, 5) is 17.2. The van der Waals surface area contributed by atoms with Crippen molar-refractivity contribution in [3.05, 3.63) is 46.1 Å². The van der Waals surface area contributed by atoms with Gasteiger partial charge in [0.2, 0.25) is 5.88 Å². The maximum absolute atomic E-state index is 12.8. The van der Waals surface area contributed by atoms with Gasteiger partial charge in [-0.25, -0.2) is 4.98 Å². The van der Waals surface area contributed by atoms with E-state index in [-0.39, 0.29) is 11.9 Å². The lowest BCUT2D eigenvalue weighted by atomic mass is 9.92. The Hall–Kier alpha value is -1.82. The van der Waals surface area contributed by atoms with Crippen LogP contribution < -0.4 is 10.1 Å². The summed E-state index contributed by atoms with van der Waals surface area (Å²) in [5, 5.41) is 14.1. The van der Waals surface area contributed by atoms with Gasteiger partial charge in [0.15, 0.2) is 0 Å². The molecule has 0 bridgehead atoms. The van der Waals surface area contributed by atoms with E-state index in [4.69, 9.17) is 27.9 Å². The number of aliphatic hydroxyl groups is 1. The van der Waals surface area contributed by atoms with Crippen LogP contribution in [-0.4, -0.2) is 34.8 Å². The van der Waals surface area contributed by atoms with Gasteiger partial charge in [-0.1, -0.05) is 55.5 Å². The second-order valence-corrected chi connectivity index (χ2v) is 8.18. The first-order chi connectivity index (χ1) is 14.0. The lowest BCUT2D eigenvalue weighted by Gasteiger charge is -2.28. The van der Waals surface area contributed by atoms with Crippen molar-refractivity contribution < 1.29 is 14.6 Å². The van der Waals surface area contributed by atoms with Gasteiger partial charge in [-0.3, -0.25) is 4.79 Å². The Morgan fingerprint density at radius 2 is 2.03 bits per heavy atom. The Morgan fingerprint density at radius 3 is 2.76 bits per heavy atom. The number of unbranched alkanes of at least 4 members (excludes halogenated alkanes) is 1. The third-order valence-corrected chi connectivity index (χ3v) is 5.67. The van der Waals surface area contributed by atoms with E-state index >= 15 is 0 Å². The van der Waals surface area contributed by atoms with Gasteiger partial charge in [-0.15, -0.1) is 0 Å². The molecule has 1 heterocycles. The minimum absolute atomic E-state index is 0.237. The molecule has 0 spiro atoms. The first kappa shape index (κ1) is 21.9. The highest BCUT2D eigenvalue weighted by Crippen LogP contribution is 2.36. The van der Waals surface area contributed by atoms with E-state index in [0.717, 1.165) is 32.1 Å². The molecule has 156 valence electrons. The predicted molar refractivity (Wildman–Crippen MR) is 116 cm³/mol. The molecule has 1 aliphatic carbocycles. The van der Waals surface area contributed by atoms with Crippen LogP contribution in [-0.2, 0) is 0 Å². The molecule has 0 saturated heterocycles. The normalized spacial score (nSPS) is 19.0. The Kier molecular flexibility index (Phi) is 7.76. The molecule has 29 heavy (non-hydrogen) atoms. The van der Waals surface area contributed by atoms with Crippen molar-refractivity contribution in [1.29, 1.82) is 0 Å². The fraction of sp³-hybridized carbons (Fsp3) is 0.455. The Bertz CT molecular complexity index is 860. The topological polar surface area (TPSA) is 71.5 Å². The number of halogens is 2. The molecular formula is C22H26Cl2N2O3. The first-order valence-electron chi connectivity index (χ1n) is 10.1. The van der Waals surface area contributed by atoms with Crippen LogP contribution in [0.25, 0.3) is 11.1 Å². The second kappa shape index (κ2) is 10.3. The molecule has 1 aliphatic rings. The number of carbonyl (C=O) groups excluding carboxylic acids is 1. The number of pyridine rings is 1. The molecule has 7 heteroatoms. The van der Waals surface area contributed by atoms with E-state index in [9.17, 15) is 9.90 Å². The number of aliphatic hydroxyl groups excluding tert-OH is 1. The van der Waals surface area contributed by atoms with E-state index in [0.29, 0.717) is 45.6 Å². The van der Waals surface area contributed by atoms with Crippen molar-refractivity contribution in [3.8, 4) is 17.0 Å². The highest BCUT2D eigenvalue weighted by atomic mass is 35.5. The van der Waals surface area contributed by atoms with Crippen LogP contribution >= 0.6 is 23.2 Å². The van der Waals surface area contributed by atoms with E-state index in [1.807, 2.05) is 0 Å². The van der Waals surface area contributed by atoms with E-state index in [1.165, 1.54) is 6.20 Å². The van der Waals surface area contributed by atoms with Crippen LogP contribution in [0, 0.1) is 0 Å². The van der Waals surface area contributed by atoms with Crippen molar-refractivity contribution in [3.63, 3.8) is 0 Å². The number of aromatic nitrogens is 1. The molecule has 0 aliphatic heterocycles. The van der Waals surface area contributed by atoms with Crippen LogP contribution in [0.15, 0.2) is 30.5 Å². The summed E-state index contributed by atoms with van der Waals surface area (Å²) >= 11 is 12.4. The van der Waals surface area contributed by atoms with Gasteiger partial charge in [0.05, 0.1) is 29.3 Å². The molecule has 1 saturated carbocycles. The van der Waals surface area contributed by atoms with Crippen molar-refractivity contribution >= 4 is 29.1 Å². The number of rotatable bonds is 7. The van der Waals surface area contributed by atoms with Gasteiger partial charge >= 0.3 is 0 Å². The lowest BCUT2D eigenvalue weighted by molar-refractivity contribution is 0.0717. The van der Waals surface area contributed by atoms with Gasteiger partial charge in [0, 0.05) is 22.3 Å². The molecule has 5 nitrogen and oxygen atoms in total. The minimum Gasteiger partial charge on any atom is -0.477 e. The fourth-order valence-corrected chi connectivity index (χ4v) is 3.95. The molecule has 3 rings (SSSR count). The second-order valence-electron chi connectivity index (χ2n) is 7.33. The number of nitrogens with one attached hydrogen (secondary N) is 1. The molecule has 0 radical (unpaired) electrons. The number of hydrogen-bond acceptors (Lipinski definition) is 4. The van der Waals surface area contributed by atoms with Crippen molar-refractivity contribution in [2.45, 2.75) is 57.6 Å². The summed E-state index contributed by atoms with van der Waals surface area (Å²) in [5.41, 5.74) is 1.73. The third-order valence-electron chi connectivity index (χ3n) is 5.12. The molecule has 1 amide bonds. The molecule has 2 aromatic rings. The molecule has 1 aromatic carbocycles. The molecular weight excluding hydrogens is 411 g/mol. The van der Waals surface area contributed by atoms with Crippen molar-refractivity contribution in [2.75, 3.05) is 6.61 Å². The summed E-state index contributed by atoms with van der Waals surface area (Å²) in [6.45, 7) is 2.61. The monoisotopic (exact) mass is 436 g/mol. The third kappa shape index (κ3) is 5.62. The van der Waals surface area contributed by atoms with E-state index in [2.05, 4.69) is 17.2 Å². The average molecular weight is 437 g/mol. The van der Waals surface area contributed by atoms with Crippen LogP contribution in [0.5, 0.6) is 5.88 Å². The Balaban J connectivity index is 1.89. The molecule has 1 fully saturated rings. The van der Waals surface area contributed by atoms with E-state index in [1.54, 1.807) is 24.3 Å². The van der Waals surface area contributed by atoms with E-state index < -0.39 is 6.10 Å². The summed E-state index contributed by atoms with van der Waals surface area (Å²) in [6.07, 6.45) is 6.35. The van der Waals surface area contributed by atoms with Crippen LogP contribution in [0.2, 0.25) is 10.0 Å². The maximum atomic E-state index is 12.8. The van der Waals surface area contributed by atoms with Gasteiger partial charge in [0.25, 0.3) is 5.91 Å². The smallest absolute Gasteiger partial charge is 0.253 e. The summed E-state index contributed by atoms with van der Waals surface area (Å²) < 4.78 is 5.84. The highest BCUT2D eigenvalue weighted by molar-refractivity contribution is 6.36.